The lowest BCUT2D eigenvalue weighted by Crippen LogP contribution is -2.18. The number of nitrogens with two attached hydrogens (primary N) is 1. The minimum atomic E-state index is -4.69. The lowest BCUT2D eigenvalue weighted by molar-refractivity contribution is -0.275. The first-order valence-electron chi connectivity index (χ1n) is 3.30. The molecule has 0 saturated heterocycles. The Morgan fingerprint density at radius 3 is 2.43 bits per heavy atom. The van der Waals surface area contributed by atoms with Crippen LogP contribution in [0.3, 0.4) is 0 Å². The van der Waals surface area contributed by atoms with Crippen molar-refractivity contribution in [3.63, 3.8) is 0 Å². The summed E-state index contributed by atoms with van der Waals surface area (Å²) in [4.78, 5) is 0. The molecule has 0 bridgehead atoms. The highest BCUT2D eigenvalue weighted by atomic mass is 127. The van der Waals surface area contributed by atoms with E-state index in [1.807, 2.05) is 0 Å². The second kappa shape index (κ2) is 4.13. The molecule has 0 aliphatic rings. The summed E-state index contributed by atoms with van der Waals surface area (Å²) in [5.74, 6) is -0.265. The van der Waals surface area contributed by atoms with E-state index < -0.39 is 6.36 Å². The minimum absolute atomic E-state index is 0.265. The van der Waals surface area contributed by atoms with Crippen molar-refractivity contribution < 1.29 is 17.9 Å². The Morgan fingerprint density at radius 1 is 1.36 bits per heavy atom. The highest BCUT2D eigenvalue weighted by Gasteiger charge is 2.32. The Balaban J connectivity index is 3.06. The van der Waals surface area contributed by atoms with Crippen LogP contribution in [0.15, 0.2) is 16.6 Å². The van der Waals surface area contributed by atoms with Gasteiger partial charge in [0.1, 0.15) is 5.75 Å². The monoisotopic (exact) mass is 381 g/mol. The molecule has 0 saturated carbocycles. The molecule has 14 heavy (non-hydrogen) atoms. The van der Waals surface area contributed by atoms with Gasteiger partial charge in [0.2, 0.25) is 0 Å². The van der Waals surface area contributed by atoms with Crippen LogP contribution < -0.4 is 10.5 Å². The maximum absolute atomic E-state index is 11.9. The molecule has 1 aromatic rings. The molecule has 0 amide bonds. The Morgan fingerprint density at radius 2 is 1.93 bits per heavy atom. The van der Waals surface area contributed by atoms with Gasteiger partial charge in [-0.15, -0.1) is 13.2 Å². The number of nitrogen functional groups attached to an aromatic ring is 1. The predicted octanol–water partition coefficient (Wildman–Crippen LogP) is 3.53. The zero-order chi connectivity index (χ0) is 10.9. The number of hydrogen-bond acceptors (Lipinski definition) is 2. The number of alkyl halides is 3. The molecule has 1 aromatic carbocycles. The highest BCUT2D eigenvalue weighted by molar-refractivity contribution is 14.1. The van der Waals surface area contributed by atoms with E-state index in [4.69, 9.17) is 5.73 Å². The average molecular weight is 382 g/mol. The van der Waals surface area contributed by atoms with Crippen LogP contribution in [0.1, 0.15) is 0 Å². The van der Waals surface area contributed by atoms with Crippen LogP contribution in [0, 0.1) is 3.57 Å². The second-order valence-electron chi connectivity index (χ2n) is 2.33. The van der Waals surface area contributed by atoms with Crippen molar-refractivity contribution in [2.75, 3.05) is 5.73 Å². The van der Waals surface area contributed by atoms with Gasteiger partial charge in [-0.25, -0.2) is 0 Å². The normalized spacial score (nSPS) is 11.5. The van der Waals surface area contributed by atoms with Crippen molar-refractivity contribution in [3.8, 4) is 5.75 Å². The molecule has 0 unspecified atom stereocenters. The molecule has 78 valence electrons. The van der Waals surface area contributed by atoms with Gasteiger partial charge in [-0.3, -0.25) is 0 Å². The van der Waals surface area contributed by atoms with Crippen LogP contribution in [0.4, 0.5) is 18.9 Å². The van der Waals surface area contributed by atoms with E-state index >= 15 is 0 Å². The third-order valence-corrected chi connectivity index (χ3v) is 3.97. The predicted molar refractivity (Wildman–Crippen MR) is 58.0 cm³/mol. The fraction of sp³-hybridized carbons (Fsp3) is 0.143. The Kier molecular flexibility index (Phi) is 3.51. The lowest BCUT2D eigenvalue weighted by Gasteiger charge is -2.12. The summed E-state index contributed by atoms with van der Waals surface area (Å²) in [7, 11) is 0. The number of rotatable bonds is 1. The fourth-order valence-electron chi connectivity index (χ4n) is 0.750. The number of ether oxygens (including phenoxy) is 1. The third kappa shape index (κ3) is 2.91. The molecule has 7 heteroatoms. The number of benzene rings is 1. The first kappa shape index (κ1) is 11.9. The number of hydrogen-bond donors (Lipinski definition) is 1. The molecule has 0 aromatic heterocycles. The number of anilines is 1. The first-order chi connectivity index (χ1) is 6.31. The lowest BCUT2D eigenvalue weighted by atomic mass is 10.3. The summed E-state index contributed by atoms with van der Waals surface area (Å²) in [5.41, 5.74) is 5.83. The van der Waals surface area contributed by atoms with Crippen molar-refractivity contribution in [3.05, 3.63) is 20.2 Å². The van der Waals surface area contributed by atoms with E-state index in [1.165, 1.54) is 12.1 Å². The zero-order valence-electron chi connectivity index (χ0n) is 6.53. The van der Waals surface area contributed by atoms with Crippen molar-refractivity contribution in [2.45, 2.75) is 6.36 Å². The topological polar surface area (TPSA) is 35.2 Å². The third-order valence-electron chi connectivity index (χ3n) is 1.30. The van der Waals surface area contributed by atoms with E-state index in [1.54, 1.807) is 22.6 Å². The van der Waals surface area contributed by atoms with Gasteiger partial charge in [-0.1, -0.05) is 0 Å². The standard InChI is InChI=1S/C7H4BrF3INO/c8-5-3(13)1-2-4(6(5)12)14-7(9,10)11/h1-2H,13H2. The van der Waals surface area contributed by atoms with Crippen LogP contribution in [0.2, 0.25) is 0 Å². The molecule has 2 N–H and O–H groups in total. The molecular formula is C7H4BrF3INO. The molecule has 0 aliphatic heterocycles. The van der Waals surface area contributed by atoms with Crippen LogP contribution in [-0.2, 0) is 0 Å². The van der Waals surface area contributed by atoms with Gasteiger partial charge in [0, 0.05) is 5.69 Å². The van der Waals surface area contributed by atoms with E-state index in [0.717, 1.165) is 0 Å². The van der Waals surface area contributed by atoms with E-state index in [9.17, 15) is 13.2 Å². The average Bonchev–Trinajstić information content (AvgIpc) is 2.04. The van der Waals surface area contributed by atoms with Gasteiger partial charge in [0.25, 0.3) is 0 Å². The van der Waals surface area contributed by atoms with Gasteiger partial charge in [-0.2, -0.15) is 0 Å². The van der Waals surface area contributed by atoms with Crippen molar-refractivity contribution >= 4 is 44.2 Å². The van der Waals surface area contributed by atoms with Gasteiger partial charge in [0.05, 0.1) is 8.04 Å². The fourth-order valence-corrected chi connectivity index (χ4v) is 1.68. The molecule has 0 fully saturated rings. The van der Waals surface area contributed by atoms with Crippen LogP contribution in [0.5, 0.6) is 5.75 Å². The van der Waals surface area contributed by atoms with Gasteiger partial charge in [-0.05, 0) is 50.7 Å². The maximum Gasteiger partial charge on any atom is 0.573 e. The minimum Gasteiger partial charge on any atom is -0.405 e. The van der Waals surface area contributed by atoms with E-state index in [0.29, 0.717) is 13.7 Å². The summed E-state index contributed by atoms with van der Waals surface area (Å²) in [5, 5.41) is 0. The summed E-state index contributed by atoms with van der Waals surface area (Å²) in [6.07, 6.45) is -4.69. The molecule has 1 rings (SSSR count). The largest absolute Gasteiger partial charge is 0.573 e. The molecule has 0 aliphatic carbocycles. The van der Waals surface area contributed by atoms with Crippen LogP contribution in [0.25, 0.3) is 0 Å². The van der Waals surface area contributed by atoms with Gasteiger partial charge >= 0.3 is 6.36 Å². The number of halogens is 5. The molecule has 0 atom stereocenters. The van der Waals surface area contributed by atoms with Crippen LogP contribution >= 0.6 is 38.5 Å². The van der Waals surface area contributed by atoms with Crippen molar-refractivity contribution in [1.29, 1.82) is 0 Å². The van der Waals surface area contributed by atoms with Crippen molar-refractivity contribution in [2.24, 2.45) is 0 Å². The Labute approximate surface area is 99.9 Å². The Bertz CT molecular complexity index is 356. The van der Waals surface area contributed by atoms with Gasteiger partial charge < -0.3 is 10.5 Å². The molecular weight excluding hydrogens is 378 g/mol. The summed E-state index contributed by atoms with van der Waals surface area (Å²) in [6, 6.07) is 2.52. The second-order valence-corrected chi connectivity index (χ2v) is 4.20. The summed E-state index contributed by atoms with van der Waals surface area (Å²) in [6.45, 7) is 0. The summed E-state index contributed by atoms with van der Waals surface area (Å²) < 4.78 is 40.1. The van der Waals surface area contributed by atoms with Crippen LogP contribution in [-0.4, -0.2) is 6.36 Å². The SMILES string of the molecule is Nc1ccc(OC(F)(F)F)c(I)c1Br. The van der Waals surface area contributed by atoms with E-state index in [-0.39, 0.29) is 5.75 Å². The molecule has 0 radical (unpaired) electrons. The smallest absolute Gasteiger partial charge is 0.405 e. The van der Waals surface area contributed by atoms with Gasteiger partial charge in [0.15, 0.2) is 0 Å². The highest BCUT2D eigenvalue weighted by Crippen LogP contribution is 2.35. The Hall–Kier alpha value is -0.180. The summed E-state index contributed by atoms with van der Waals surface area (Å²) >= 11 is 4.78. The maximum atomic E-state index is 11.9. The zero-order valence-corrected chi connectivity index (χ0v) is 10.3. The van der Waals surface area contributed by atoms with Crippen molar-refractivity contribution in [1.82, 2.24) is 0 Å². The quantitative estimate of drug-likeness (QED) is 0.596. The molecule has 0 spiro atoms. The molecule has 0 heterocycles. The first-order valence-corrected chi connectivity index (χ1v) is 5.17. The molecule has 2 nitrogen and oxygen atoms in total. The van der Waals surface area contributed by atoms with E-state index in [2.05, 4.69) is 20.7 Å².